The maximum atomic E-state index is 12.7. The molecule has 1 heterocycles. The largest absolute Gasteiger partial charge is 0.434 e. The molecule has 0 fully saturated rings. The van der Waals surface area contributed by atoms with E-state index < -0.39 is 11.9 Å². The third-order valence-electron chi connectivity index (χ3n) is 2.12. The Morgan fingerprint density at radius 2 is 1.82 bits per heavy atom. The lowest BCUT2D eigenvalue weighted by atomic mass is 10.2. The lowest BCUT2D eigenvalue weighted by Gasteiger charge is -2.12. The fourth-order valence-corrected chi connectivity index (χ4v) is 2.60. The third-order valence-corrected chi connectivity index (χ3v) is 4.15. The summed E-state index contributed by atoms with van der Waals surface area (Å²) in [5.41, 5.74) is -0.838. The van der Waals surface area contributed by atoms with E-state index in [2.05, 4.69) is 36.8 Å². The van der Waals surface area contributed by atoms with Gasteiger partial charge in [-0.05, 0) is 37.9 Å². The van der Waals surface area contributed by atoms with Gasteiger partial charge in [-0.1, -0.05) is 23.7 Å². The Morgan fingerprint density at radius 1 is 1.18 bits per heavy atom. The van der Waals surface area contributed by atoms with E-state index in [0.29, 0.717) is 9.86 Å². The lowest BCUT2D eigenvalue weighted by Crippen LogP contribution is -2.09. The molecular weight excluding hydrogens is 386 g/mol. The summed E-state index contributed by atoms with van der Waals surface area (Å²) in [5, 5.41) is 0.463. The molecule has 1 nitrogen and oxygen atoms in total. The second kappa shape index (κ2) is 4.40. The van der Waals surface area contributed by atoms with Crippen molar-refractivity contribution in [3.8, 4) is 0 Å². The average molecular weight is 389 g/mol. The van der Waals surface area contributed by atoms with Crippen LogP contribution in [-0.2, 0) is 6.18 Å². The zero-order valence-electron chi connectivity index (χ0n) is 7.95. The fourth-order valence-electron chi connectivity index (χ4n) is 1.38. The average Bonchev–Trinajstić information content (AvgIpc) is 2.22. The van der Waals surface area contributed by atoms with Gasteiger partial charge in [0.25, 0.3) is 0 Å². The van der Waals surface area contributed by atoms with Crippen molar-refractivity contribution in [2.75, 3.05) is 0 Å². The van der Waals surface area contributed by atoms with Crippen molar-refractivity contribution in [2.24, 2.45) is 0 Å². The lowest BCUT2D eigenvalue weighted by molar-refractivity contribution is -0.141. The van der Waals surface area contributed by atoms with Crippen LogP contribution in [0.15, 0.2) is 27.1 Å². The topological polar surface area (TPSA) is 12.9 Å². The first-order chi connectivity index (χ1) is 7.82. The molecule has 2 rings (SSSR count). The van der Waals surface area contributed by atoms with Gasteiger partial charge in [0.05, 0.1) is 15.0 Å². The summed E-state index contributed by atoms with van der Waals surface area (Å²) in [5.74, 6) is 0. The predicted octanol–water partition coefficient (Wildman–Crippen LogP) is 5.43. The first kappa shape index (κ1) is 13.1. The number of hydrogen-bond donors (Lipinski definition) is 0. The molecule has 2 aromatic rings. The number of fused-ring (bicyclic) bond motifs is 1. The highest BCUT2D eigenvalue weighted by Gasteiger charge is 2.36. The van der Waals surface area contributed by atoms with Crippen LogP contribution in [-0.4, -0.2) is 4.98 Å². The second-order valence-corrected chi connectivity index (χ2v) is 5.25. The highest BCUT2D eigenvalue weighted by Crippen LogP contribution is 2.41. The normalized spacial score (nSPS) is 12.1. The van der Waals surface area contributed by atoms with Gasteiger partial charge in [0.15, 0.2) is 5.69 Å². The van der Waals surface area contributed by atoms with Gasteiger partial charge in [0.1, 0.15) is 0 Å². The number of hydrogen-bond acceptors (Lipinski definition) is 1. The van der Waals surface area contributed by atoms with Crippen LogP contribution in [0.3, 0.4) is 0 Å². The van der Waals surface area contributed by atoms with Crippen molar-refractivity contribution in [3.05, 3.63) is 37.9 Å². The van der Waals surface area contributed by atoms with Gasteiger partial charge in [-0.2, -0.15) is 13.2 Å². The highest BCUT2D eigenvalue weighted by molar-refractivity contribution is 9.11. The van der Waals surface area contributed by atoms with Crippen molar-refractivity contribution < 1.29 is 13.2 Å². The molecule has 0 radical (unpaired) electrons. The van der Waals surface area contributed by atoms with Gasteiger partial charge in [-0.3, -0.25) is 0 Å². The van der Waals surface area contributed by atoms with Crippen molar-refractivity contribution >= 4 is 54.4 Å². The Bertz CT molecular complexity index is 598. The van der Waals surface area contributed by atoms with E-state index in [0.717, 1.165) is 0 Å². The molecule has 0 aliphatic rings. The van der Waals surface area contributed by atoms with E-state index in [-0.39, 0.29) is 15.0 Å². The monoisotopic (exact) mass is 387 g/mol. The second-order valence-electron chi connectivity index (χ2n) is 3.22. The predicted molar refractivity (Wildman–Crippen MR) is 67.2 cm³/mol. The number of pyridine rings is 1. The van der Waals surface area contributed by atoms with E-state index in [1.807, 2.05) is 0 Å². The molecule has 0 saturated carbocycles. The Kier molecular flexibility index (Phi) is 3.40. The Morgan fingerprint density at radius 3 is 2.41 bits per heavy atom. The van der Waals surface area contributed by atoms with Crippen molar-refractivity contribution in [1.82, 2.24) is 4.98 Å². The Labute approximate surface area is 116 Å². The Balaban J connectivity index is 2.91. The summed E-state index contributed by atoms with van der Waals surface area (Å²) in [6.45, 7) is 0. The molecule has 0 amide bonds. The van der Waals surface area contributed by atoms with Gasteiger partial charge in [-0.15, -0.1) is 0 Å². The summed E-state index contributed by atoms with van der Waals surface area (Å²) in [6, 6.07) is 4.90. The van der Waals surface area contributed by atoms with Gasteiger partial charge >= 0.3 is 6.18 Å². The molecule has 0 aliphatic carbocycles. The molecule has 1 aromatic heterocycles. The smallest absolute Gasteiger partial charge is 0.241 e. The van der Waals surface area contributed by atoms with Gasteiger partial charge in [0, 0.05) is 9.86 Å². The van der Waals surface area contributed by atoms with E-state index in [1.165, 1.54) is 0 Å². The van der Waals surface area contributed by atoms with Crippen LogP contribution in [0.1, 0.15) is 5.69 Å². The molecule has 0 unspecified atom stereocenters. The van der Waals surface area contributed by atoms with Crippen LogP contribution >= 0.6 is 43.5 Å². The number of alkyl halides is 3. The molecule has 90 valence electrons. The summed E-state index contributed by atoms with van der Waals surface area (Å²) in [6.07, 6.45) is -4.55. The van der Waals surface area contributed by atoms with E-state index in [4.69, 9.17) is 11.6 Å². The molecule has 17 heavy (non-hydrogen) atoms. The van der Waals surface area contributed by atoms with Crippen LogP contribution < -0.4 is 0 Å². The van der Waals surface area contributed by atoms with E-state index in [9.17, 15) is 13.2 Å². The summed E-state index contributed by atoms with van der Waals surface area (Å²) in [4.78, 5) is 3.60. The molecule has 0 saturated heterocycles. The van der Waals surface area contributed by atoms with Gasteiger partial charge < -0.3 is 0 Å². The van der Waals surface area contributed by atoms with E-state index in [1.54, 1.807) is 18.2 Å². The third kappa shape index (κ3) is 2.30. The van der Waals surface area contributed by atoms with Crippen LogP contribution in [0.5, 0.6) is 0 Å². The number of aromatic nitrogens is 1. The van der Waals surface area contributed by atoms with Crippen LogP contribution in [0.25, 0.3) is 10.9 Å². The maximum Gasteiger partial charge on any atom is 0.434 e. The van der Waals surface area contributed by atoms with Crippen LogP contribution in [0.2, 0.25) is 5.02 Å². The highest BCUT2D eigenvalue weighted by atomic mass is 79.9. The fraction of sp³-hybridized carbons (Fsp3) is 0.100. The molecule has 0 bridgehead atoms. The Hall–Kier alpha value is -0.330. The molecule has 0 atom stereocenters. The molecule has 0 N–H and O–H groups in total. The van der Waals surface area contributed by atoms with Crippen molar-refractivity contribution in [2.45, 2.75) is 6.18 Å². The molecule has 0 spiro atoms. The van der Waals surface area contributed by atoms with Crippen molar-refractivity contribution in [1.29, 1.82) is 0 Å². The molecule has 0 aliphatic heterocycles. The number of rotatable bonds is 0. The maximum absolute atomic E-state index is 12.7. The summed E-state index contributed by atoms with van der Waals surface area (Å²) >= 11 is 11.9. The number of benzene rings is 1. The van der Waals surface area contributed by atoms with Gasteiger partial charge in [0.2, 0.25) is 0 Å². The minimum absolute atomic E-state index is 0.00336. The summed E-state index contributed by atoms with van der Waals surface area (Å²) in [7, 11) is 0. The first-order valence-electron chi connectivity index (χ1n) is 4.33. The van der Waals surface area contributed by atoms with Crippen LogP contribution in [0.4, 0.5) is 13.2 Å². The zero-order valence-corrected chi connectivity index (χ0v) is 11.9. The van der Waals surface area contributed by atoms with E-state index >= 15 is 0 Å². The van der Waals surface area contributed by atoms with Gasteiger partial charge in [-0.25, -0.2) is 4.98 Å². The zero-order chi connectivity index (χ0) is 12.8. The number of nitrogens with zero attached hydrogens (tertiary/aromatic N) is 1. The molecule has 7 heteroatoms. The standard InChI is InChI=1S/C10H3Br2ClF3N/c11-5-3-1-2-4-7(13)6(12)9(10(14,15)16)17-8(4)5/h1-3H. The molecular formula is C10H3Br2ClF3N. The summed E-state index contributed by atoms with van der Waals surface area (Å²) < 4.78 is 38.4. The van der Waals surface area contributed by atoms with Crippen molar-refractivity contribution in [3.63, 3.8) is 0 Å². The molecule has 1 aromatic carbocycles. The quantitative estimate of drug-likeness (QED) is 0.585. The minimum atomic E-state index is -4.55. The number of halogens is 6. The first-order valence-corrected chi connectivity index (χ1v) is 6.29. The minimum Gasteiger partial charge on any atom is -0.241 e. The van der Waals surface area contributed by atoms with Crippen LogP contribution in [0, 0.1) is 0 Å². The number of para-hydroxylation sites is 1. The SMILES string of the molecule is FC(F)(F)c1nc2c(Br)cccc2c(Cl)c1Br.